The first-order valence-corrected chi connectivity index (χ1v) is 14.4. The molecule has 5 nitrogen and oxygen atoms in total. The van der Waals surface area contributed by atoms with E-state index in [0.717, 1.165) is 23.3 Å². The van der Waals surface area contributed by atoms with Crippen molar-refractivity contribution in [1.29, 1.82) is 5.26 Å². The highest BCUT2D eigenvalue weighted by Gasteiger charge is 2.50. The SMILES string of the molecule is CC(C)(C)[Si](C)(C)O[C@@H]1C[C@@H]2C(OCc3ccc(C#N)cc3)=C(c3ccccc3)C(=O)N2C1. The Balaban J connectivity index is 1.60. The summed E-state index contributed by atoms with van der Waals surface area (Å²) < 4.78 is 13.0. The van der Waals surface area contributed by atoms with Crippen LogP contribution in [0.2, 0.25) is 18.1 Å². The largest absolute Gasteiger partial charge is 0.490 e. The second-order valence-electron chi connectivity index (χ2n) is 10.4. The molecule has 0 radical (unpaired) electrons. The number of amides is 1. The number of carbonyl (C=O) groups excluding carboxylic acids is 1. The van der Waals surface area contributed by atoms with Crippen LogP contribution in [0.3, 0.4) is 0 Å². The highest BCUT2D eigenvalue weighted by Crippen LogP contribution is 2.43. The molecule has 4 rings (SSSR count). The molecule has 1 fully saturated rings. The minimum Gasteiger partial charge on any atom is -0.490 e. The lowest BCUT2D eigenvalue weighted by Crippen LogP contribution is -2.44. The van der Waals surface area contributed by atoms with Crippen molar-refractivity contribution in [3.63, 3.8) is 0 Å². The Kier molecular flexibility index (Phi) is 6.21. The second-order valence-corrected chi connectivity index (χ2v) is 15.2. The van der Waals surface area contributed by atoms with Gasteiger partial charge in [-0.05, 0) is 41.4 Å². The molecule has 1 saturated heterocycles. The molecule has 2 atom stereocenters. The van der Waals surface area contributed by atoms with Crippen LogP contribution >= 0.6 is 0 Å². The lowest BCUT2D eigenvalue weighted by atomic mass is 10.0. The Labute approximate surface area is 197 Å². The molecular weight excluding hydrogens is 428 g/mol. The molecule has 0 aromatic heterocycles. The van der Waals surface area contributed by atoms with Crippen molar-refractivity contribution >= 4 is 19.8 Å². The number of rotatable bonds is 6. The van der Waals surface area contributed by atoms with Crippen LogP contribution in [0.4, 0.5) is 0 Å². The zero-order valence-electron chi connectivity index (χ0n) is 20.1. The van der Waals surface area contributed by atoms with E-state index in [1.807, 2.05) is 47.4 Å². The van der Waals surface area contributed by atoms with Gasteiger partial charge >= 0.3 is 0 Å². The first-order valence-electron chi connectivity index (χ1n) is 11.5. The summed E-state index contributed by atoms with van der Waals surface area (Å²) in [6.07, 6.45) is 0.766. The highest BCUT2D eigenvalue weighted by molar-refractivity contribution is 6.74. The molecule has 0 unspecified atom stereocenters. The minimum atomic E-state index is -1.94. The van der Waals surface area contributed by atoms with Gasteiger partial charge in [-0.3, -0.25) is 4.79 Å². The third kappa shape index (κ3) is 4.61. The molecule has 2 aromatic carbocycles. The van der Waals surface area contributed by atoms with Crippen LogP contribution in [0, 0.1) is 11.3 Å². The fourth-order valence-electron chi connectivity index (χ4n) is 4.24. The molecule has 0 N–H and O–H groups in total. The van der Waals surface area contributed by atoms with Crippen LogP contribution in [0.5, 0.6) is 0 Å². The predicted octanol–water partition coefficient (Wildman–Crippen LogP) is 5.49. The molecule has 6 heteroatoms. The first-order chi connectivity index (χ1) is 15.6. The Morgan fingerprint density at radius 2 is 1.76 bits per heavy atom. The zero-order chi connectivity index (χ0) is 23.8. The van der Waals surface area contributed by atoms with E-state index in [9.17, 15) is 4.79 Å². The van der Waals surface area contributed by atoms with Crippen LogP contribution in [0.1, 0.15) is 43.9 Å². The number of nitriles is 1. The number of fused-ring (bicyclic) bond motifs is 1. The average molecular weight is 461 g/mol. The summed E-state index contributed by atoms with van der Waals surface area (Å²) in [5.41, 5.74) is 3.12. The molecule has 0 saturated carbocycles. The predicted molar refractivity (Wildman–Crippen MR) is 131 cm³/mol. The Hall–Kier alpha value is -2.88. The second kappa shape index (κ2) is 8.81. The maximum atomic E-state index is 13.5. The molecule has 2 heterocycles. The first kappa shape index (κ1) is 23.3. The van der Waals surface area contributed by atoms with E-state index in [1.165, 1.54) is 0 Å². The number of hydrogen-bond donors (Lipinski definition) is 0. The molecule has 172 valence electrons. The quantitative estimate of drug-likeness (QED) is 0.535. The smallest absolute Gasteiger partial charge is 0.258 e. The van der Waals surface area contributed by atoms with Crippen molar-refractivity contribution in [2.45, 2.75) is 64.1 Å². The maximum absolute atomic E-state index is 13.5. The summed E-state index contributed by atoms with van der Waals surface area (Å²) in [6.45, 7) is 12.2. The summed E-state index contributed by atoms with van der Waals surface area (Å²) >= 11 is 0. The molecule has 2 aliphatic heterocycles. The molecule has 0 bridgehead atoms. The fourth-order valence-corrected chi connectivity index (χ4v) is 5.60. The normalized spacial score (nSPS) is 20.7. The van der Waals surface area contributed by atoms with Gasteiger partial charge in [-0.25, -0.2) is 0 Å². The van der Waals surface area contributed by atoms with Gasteiger partial charge in [-0.1, -0.05) is 63.2 Å². The van der Waals surface area contributed by atoms with E-state index in [-0.39, 0.29) is 23.1 Å². The van der Waals surface area contributed by atoms with Gasteiger partial charge in [0.05, 0.1) is 29.4 Å². The van der Waals surface area contributed by atoms with Crippen LogP contribution in [0.15, 0.2) is 60.4 Å². The Morgan fingerprint density at radius 3 is 2.36 bits per heavy atom. The van der Waals surface area contributed by atoms with Gasteiger partial charge in [0, 0.05) is 13.0 Å². The monoisotopic (exact) mass is 460 g/mol. The summed E-state index contributed by atoms with van der Waals surface area (Å²) in [6, 6.07) is 19.2. The minimum absolute atomic E-state index is 0.0161. The number of ether oxygens (including phenoxy) is 1. The van der Waals surface area contributed by atoms with Crippen molar-refractivity contribution in [3.05, 3.63) is 77.0 Å². The average Bonchev–Trinajstić information content (AvgIpc) is 3.29. The molecule has 2 aliphatic rings. The van der Waals surface area contributed by atoms with Crippen LogP contribution in [-0.2, 0) is 20.6 Å². The number of carbonyl (C=O) groups is 1. The standard InChI is InChI=1S/C27H32N2O3Si/c1-27(2,3)33(4,5)32-22-15-23-25(31-18-20-13-11-19(16-28)12-14-20)24(26(30)29(23)17-22)21-9-7-6-8-10-21/h6-14,22-23H,15,17-18H2,1-5H3/t22-,23-/m1/s1. The van der Waals surface area contributed by atoms with Gasteiger partial charge < -0.3 is 14.1 Å². The summed E-state index contributed by atoms with van der Waals surface area (Å²) in [5.74, 6) is 0.749. The van der Waals surface area contributed by atoms with Gasteiger partial charge in [0.1, 0.15) is 12.4 Å². The van der Waals surface area contributed by atoms with Crippen molar-refractivity contribution < 1.29 is 14.0 Å². The third-order valence-corrected chi connectivity index (χ3v) is 11.6. The van der Waals surface area contributed by atoms with E-state index in [2.05, 4.69) is 39.9 Å². The van der Waals surface area contributed by atoms with E-state index in [1.54, 1.807) is 12.1 Å². The van der Waals surface area contributed by atoms with E-state index >= 15 is 0 Å². The lowest BCUT2D eigenvalue weighted by molar-refractivity contribution is -0.124. The number of hydrogen-bond acceptors (Lipinski definition) is 4. The Bertz CT molecular complexity index is 1090. The fraction of sp³-hybridized carbons (Fsp3) is 0.407. The molecule has 1 amide bonds. The van der Waals surface area contributed by atoms with Gasteiger partial charge in [0.15, 0.2) is 8.32 Å². The topological polar surface area (TPSA) is 62.6 Å². The summed E-state index contributed by atoms with van der Waals surface area (Å²) in [7, 11) is -1.94. The van der Waals surface area contributed by atoms with Crippen LogP contribution in [0.25, 0.3) is 5.57 Å². The van der Waals surface area contributed by atoms with Crippen LogP contribution in [-0.4, -0.2) is 37.8 Å². The zero-order valence-corrected chi connectivity index (χ0v) is 21.1. The van der Waals surface area contributed by atoms with E-state index in [0.29, 0.717) is 24.3 Å². The Morgan fingerprint density at radius 1 is 1.09 bits per heavy atom. The van der Waals surface area contributed by atoms with Crippen LogP contribution < -0.4 is 0 Å². The van der Waals surface area contributed by atoms with Crippen molar-refractivity contribution in [1.82, 2.24) is 4.90 Å². The summed E-state index contributed by atoms with van der Waals surface area (Å²) in [5, 5.41) is 9.15. The van der Waals surface area contributed by atoms with Crippen molar-refractivity contribution in [2.75, 3.05) is 6.54 Å². The van der Waals surface area contributed by atoms with Crippen molar-refractivity contribution in [3.8, 4) is 6.07 Å². The van der Waals surface area contributed by atoms with Gasteiger partial charge in [-0.2, -0.15) is 5.26 Å². The van der Waals surface area contributed by atoms with Gasteiger partial charge in [-0.15, -0.1) is 0 Å². The molecule has 0 aliphatic carbocycles. The summed E-state index contributed by atoms with van der Waals surface area (Å²) in [4.78, 5) is 15.4. The van der Waals surface area contributed by atoms with E-state index in [4.69, 9.17) is 14.4 Å². The van der Waals surface area contributed by atoms with Gasteiger partial charge in [0.25, 0.3) is 5.91 Å². The van der Waals surface area contributed by atoms with Crippen molar-refractivity contribution in [2.24, 2.45) is 0 Å². The maximum Gasteiger partial charge on any atom is 0.258 e. The molecule has 33 heavy (non-hydrogen) atoms. The lowest BCUT2D eigenvalue weighted by Gasteiger charge is -2.38. The van der Waals surface area contributed by atoms with E-state index < -0.39 is 8.32 Å². The van der Waals surface area contributed by atoms with Gasteiger partial charge in [0.2, 0.25) is 0 Å². The third-order valence-electron chi connectivity index (χ3n) is 7.09. The molecule has 2 aromatic rings. The highest BCUT2D eigenvalue weighted by atomic mass is 28.4. The number of nitrogens with zero attached hydrogens (tertiary/aromatic N) is 2. The number of benzene rings is 2. The molecule has 0 spiro atoms. The molecular formula is C27H32N2O3Si.